The van der Waals surface area contributed by atoms with E-state index in [-0.39, 0.29) is 21.1 Å². The Bertz CT molecular complexity index is 504. The number of aliphatic hydroxyl groups is 2. The fourth-order valence-corrected chi connectivity index (χ4v) is 3.66. The highest BCUT2D eigenvalue weighted by Crippen LogP contribution is 2.27. The fraction of sp³-hybridized carbons (Fsp3) is 0.429. The first-order valence-electron chi connectivity index (χ1n) is 9.08. The van der Waals surface area contributed by atoms with Crippen LogP contribution in [-0.4, -0.2) is 69.7 Å². The van der Waals surface area contributed by atoms with Gasteiger partial charge in [0.25, 0.3) is 0 Å². The van der Waals surface area contributed by atoms with Gasteiger partial charge in [0.05, 0.1) is 52.9 Å². The zero-order chi connectivity index (χ0) is 19.6. The first-order valence-corrected chi connectivity index (χ1v) is 10.9. The molecule has 0 radical (unpaired) electrons. The molecule has 0 aliphatic heterocycles. The Labute approximate surface area is 163 Å². The first-order chi connectivity index (χ1) is 13.3. The third kappa shape index (κ3) is 11.9. The van der Waals surface area contributed by atoms with Crippen molar-refractivity contribution in [2.75, 3.05) is 59.5 Å². The van der Waals surface area contributed by atoms with E-state index in [2.05, 4.69) is 67.3 Å². The molecule has 0 fully saturated rings. The molecule has 0 atom stereocenters. The van der Waals surface area contributed by atoms with Crippen LogP contribution in [0.1, 0.15) is 0 Å². The molecule has 0 saturated carbocycles. The Morgan fingerprint density at radius 3 is 1.26 bits per heavy atom. The number of ether oxygens (including phenoxy) is 3. The smallest absolute Gasteiger partial charge is 0.0701 e. The van der Waals surface area contributed by atoms with E-state index >= 15 is 0 Å². The molecule has 0 aromatic heterocycles. The molecule has 0 aliphatic carbocycles. The zero-order valence-corrected chi connectivity index (χ0v) is 16.9. The van der Waals surface area contributed by atoms with E-state index in [9.17, 15) is 0 Å². The molecule has 150 valence electrons. The predicted octanol–water partition coefficient (Wildman–Crippen LogP) is 1.77. The average Bonchev–Trinajstić information content (AvgIpc) is 2.74. The summed E-state index contributed by atoms with van der Waals surface area (Å²) in [5.74, 6) is 0. The minimum absolute atomic E-state index is 0.0413. The van der Waals surface area contributed by atoms with Crippen LogP contribution in [-0.2, 0) is 14.2 Å². The SMILES string of the molecule is CP(c1ccccc1)c1ccccc1.OCCOCCOCCOCCO. The van der Waals surface area contributed by atoms with Gasteiger partial charge in [-0.3, -0.25) is 0 Å². The molecule has 2 rings (SSSR count). The van der Waals surface area contributed by atoms with Crippen molar-refractivity contribution in [2.24, 2.45) is 0 Å². The van der Waals surface area contributed by atoms with Crippen LogP contribution >= 0.6 is 7.92 Å². The molecule has 2 N–H and O–H groups in total. The van der Waals surface area contributed by atoms with Gasteiger partial charge in [-0.25, -0.2) is 0 Å². The number of hydrogen-bond donors (Lipinski definition) is 2. The largest absolute Gasteiger partial charge is 0.394 e. The Morgan fingerprint density at radius 1 is 0.593 bits per heavy atom. The highest BCUT2D eigenvalue weighted by atomic mass is 31.1. The lowest BCUT2D eigenvalue weighted by Gasteiger charge is -2.12. The molecule has 5 nitrogen and oxygen atoms in total. The van der Waals surface area contributed by atoms with Gasteiger partial charge in [-0.2, -0.15) is 0 Å². The minimum atomic E-state index is -0.171. The summed E-state index contributed by atoms with van der Waals surface area (Å²) in [6.07, 6.45) is 0. The molecule has 2 aromatic rings. The van der Waals surface area contributed by atoms with Crippen molar-refractivity contribution in [3.8, 4) is 0 Å². The number of hydrogen-bond acceptors (Lipinski definition) is 5. The minimum Gasteiger partial charge on any atom is -0.394 e. The monoisotopic (exact) mass is 394 g/mol. The maximum absolute atomic E-state index is 8.36. The van der Waals surface area contributed by atoms with Crippen LogP contribution in [0.4, 0.5) is 0 Å². The van der Waals surface area contributed by atoms with E-state index in [0.29, 0.717) is 39.6 Å². The molecule has 0 saturated heterocycles. The lowest BCUT2D eigenvalue weighted by Crippen LogP contribution is -2.11. The first kappa shape index (κ1) is 23.7. The van der Waals surface area contributed by atoms with Gasteiger partial charge in [0.2, 0.25) is 0 Å². The van der Waals surface area contributed by atoms with Gasteiger partial charge in [0.1, 0.15) is 0 Å². The van der Waals surface area contributed by atoms with Crippen LogP contribution in [0.15, 0.2) is 60.7 Å². The average molecular weight is 394 g/mol. The van der Waals surface area contributed by atoms with Gasteiger partial charge in [-0.05, 0) is 25.2 Å². The number of benzene rings is 2. The lowest BCUT2D eigenvalue weighted by molar-refractivity contribution is 0.00230. The van der Waals surface area contributed by atoms with Crippen LogP contribution in [0.2, 0.25) is 0 Å². The molecule has 0 aliphatic rings. The summed E-state index contributed by atoms with van der Waals surface area (Å²) in [7, 11) is -0.171. The van der Waals surface area contributed by atoms with Gasteiger partial charge < -0.3 is 24.4 Å². The summed E-state index contributed by atoms with van der Waals surface area (Å²) >= 11 is 0. The second kappa shape index (κ2) is 16.8. The molecular weight excluding hydrogens is 363 g/mol. The summed E-state index contributed by atoms with van der Waals surface area (Å²) in [4.78, 5) is 0. The van der Waals surface area contributed by atoms with E-state index < -0.39 is 0 Å². The van der Waals surface area contributed by atoms with Crippen molar-refractivity contribution in [3.05, 3.63) is 60.7 Å². The van der Waals surface area contributed by atoms with Crippen LogP contribution in [0.3, 0.4) is 0 Å². The Kier molecular flexibility index (Phi) is 14.8. The summed E-state index contributed by atoms with van der Waals surface area (Å²) in [5.41, 5.74) is 0. The van der Waals surface area contributed by atoms with Crippen LogP contribution in [0, 0.1) is 0 Å². The van der Waals surface area contributed by atoms with Crippen LogP contribution < -0.4 is 10.6 Å². The maximum atomic E-state index is 8.36. The third-order valence-corrected chi connectivity index (χ3v) is 5.65. The summed E-state index contributed by atoms with van der Waals surface area (Å²) < 4.78 is 15.0. The number of rotatable bonds is 12. The van der Waals surface area contributed by atoms with Gasteiger partial charge in [0, 0.05) is 0 Å². The molecule has 0 unspecified atom stereocenters. The molecule has 0 spiro atoms. The molecular formula is C21H31O5P. The van der Waals surface area contributed by atoms with Crippen molar-refractivity contribution in [3.63, 3.8) is 0 Å². The Hall–Kier alpha value is -1.33. The van der Waals surface area contributed by atoms with E-state index in [1.54, 1.807) is 0 Å². The molecule has 27 heavy (non-hydrogen) atoms. The third-order valence-electron chi connectivity index (χ3n) is 3.50. The summed E-state index contributed by atoms with van der Waals surface area (Å²) in [5, 5.41) is 19.6. The quantitative estimate of drug-likeness (QED) is 0.424. The second-order valence-electron chi connectivity index (χ2n) is 5.51. The van der Waals surface area contributed by atoms with Crippen molar-refractivity contribution >= 4 is 18.5 Å². The molecule has 0 amide bonds. The van der Waals surface area contributed by atoms with E-state index in [4.69, 9.17) is 24.4 Å². The van der Waals surface area contributed by atoms with Gasteiger partial charge >= 0.3 is 0 Å². The second-order valence-corrected chi connectivity index (χ2v) is 7.67. The Balaban J connectivity index is 0.000000271. The fourth-order valence-electron chi connectivity index (χ4n) is 2.12. The highest BCUT2D eigenvalue weighted by molar-refractivity contribution is 7.72. The molecule has 6 heteroatoms. The van der Waals surface area contributed by atoms with E-state index in [1.807, 2.05) is 0 Å². The summed E-state index contributed by atoms with van der Waals surface area (Å²) in [6.45, 7) is 5.07. The topological polar surface area (TPSA) is 68.2 Å². The van der Waals surface area contributed by atoms with Gasteiger partial charge in [-0.15, -0.1) is 0 Å². The van der Waals surface area contributed by atoms with E-state index in [0.717, 1.165) is 0 Å². The van der Waals surface area contributed by atoms with Crippen molar-refractivity contribution < 1.29 is 24.4 Å². The normalized spacial score (nSPS) is 10.5. The molecule has 0 bridgehead atoms. The number of aliphatic hydroxyl groups excluding tert-OH is 2. The molecule has 2 aromatic carbocycles. The van der Waals surface area contributed by atoms with Crippen molar-refractivity contribution in [1.82, 2.24) is 0 Å². The predicted molar refractivity (Wildman–Crippen MR) is 112 cm³/mol. The lowest BCUT2D eigenvalue weighted by atomic mass is 10.4. The van der Waals surface area contributed by atoms with Crippen molar-refractivity contribution in [1.29, 1.82) is 0 Å². The zero-order valence-electron chi connectivity index (χ0n) is 16.0. The van der Waals surface area contributed by atoms with Gasteiger partial charge in [0.15, 0.2) is 0 Å². The maximum Gasteiger partial charge on any atom is 0.0701 e. The van der Waals surface area contributed by atoms with Gasteiger partial charge in [-0.1, -0.05) is 60.7 Å². The highest BCUT2D eigenvalue weighted by Gasteiger charge is 2.05. The van der Waals surface area contributed by atoms with E-state index in [1.165, 1.54) is 10.6 Å². The standard InChI is InChI=1S/C13H13P.C8H18O5/c1-14(12-8-4-2-5-9-12)13-10-6-3-7-11-13;9-1-3-11-5-7-13-8-6-12-4-2-10/h2-11H,1H3;9-10H,1-8H2. The van der Waals surface area contributed by atoms with Crippen LogP contribution in [0.25, 0.3) is 0 Å². The Morgan fingerprint density at radius 2 is 0.926 bits per heavy atom. The summed E-state index contributed by atoms with van der Waals surface area (Å²) in [6, 6.07) is 21.4. The molecule has 0 heterocycles. The van der Waals surface area contributed by atoms with Crippen LogP contribution in [0.5, 0.6) is 0 Å². The van der Waals surface area contributed by atoms with Crippen molar-refractivity contribution in [2.45, 2.75) is 0 Å².